The molecule has 22 heavy (non-hydrogen) atoms. The first-order chi connectivity index (χ1) is 10.6. The molecule has 0 radical (unpaired) electrons. The Morgan fingerprint density at radius 1 is 1.14 bits per heavy atom. The summed E-state index contributed by atoms with van der Waals surface area (Å²) in [5.74, 6) is -0.327. The SMILES string of the molecule is CNC(=O)CNC(=O)CN1CCN(c2ccccc2Cl)CC1. The number of rotatable bonds is 5. The van der Waals surface area contributed by atoms with Crippen LogP contribution >= 0.6 is 11.6 Å². The second kappa shape index (κ2) is 8.00. The molecule has 7 heteroatoms. The molecular weight excluding hydrogens is 304 g/mol. The summed E-state index contributed by atoms with van der Waals surface area (Å²) in [5, 5.41) is 5.82. The first kappa shape index (κ1) is 16.6. The molecule has 1 heterocycles. The first-order valence-electron chi connectivity index (χ1n) is 7.29. The molecule has 1 aliphatic heterocycles. The Balaban J connectivity index is 1.76. The Morgan fingerprint density at radius 3 is 2.45 bits per heavy atom. The molecule has 1 aromatic rings. The van der Waals surface area contributed by atoms with Gasteiger partial charge in [0.25, 0.3) is 0 Å². The Bertz CT molecular complexity index is 530. The van der Waals surface area contributed by atoms with E-state index in [0.29, 0.717) is 6.54 Å². The van der Waals surface area contributed by atoms with Gasteiger partial charge in [0.1, 0.15) is 0 Å². The number of para-hydroxylation sites is 1. The van der Waals surface area contributed by atoms with Crippen LogP contribution in [0.15, 0.2) is 24.3 Å². The molecule has 0 spiro atoms. The lowest BCUT2D eigenvalue weighted by Crippen LogP contribution is -2.50. The van der Waals surface area contributed by atoms with E-state index in [1.54, 1.807) is 7.05 Å². The van der Waals surface area contributed by atoms with Crippen LogP contribution in [0, 0.1) is 0 Å². The number of amides is 2. The lowest BCUT2D eigenvalue weighted by molar-refractivity contribution is -0.126. The number of anilines is 1. The Labute approximate surface area is 135 Å². The van der Waals surface area contributed by atoms with Crippen molar-refractivity contribution >= 4 is 29.1 Å². The molecule has 6 nitrogen and oxygen atoms in total. The maximum Gasteiger partial charge on any atom is 0.239 e. The highest BCUT2D eigenvalue weighted by Gasteiger charge is 2.20. The monoisotopic (exact) mass is 324 g/mol. The third kappa shape index (κ3) is 4.61. The van der Waals surface area contributed by atoms with E-state index >= 15 is 0 Å². The molecule has 0 unspecified atom stereocenters. The van der Waals surface area contributed by atoms with Gasteiger partial charge >= 0.3 is 0 Å². The highest BCUT2D eigenvalue weighted by molar-refractivity contribution is 6.33. The van der Waals surface area contributed by atoms with E-state index < -0.39 is 0 Å². The summed E-state index contributed by atoms with van der Waals surface area (Å²) in [7, 11) is 1.54. The minimum Gasteiger partial charge on any atom is -0.368 e. The standard InChI is InChI=1S/C15H21ClN4O2/c1-17-14(21)10-18-15(22)11-19-6-8-20(9-7-19)13-5-3-2-4-12(13)16/h2-5H,6-11H2,1H3,(H,17,21)(H,18,22). The van der Waals surface area contributed by atoms with Gasteiger partial charge < -0.3 is 15.5 Å². The van der Waals surface area contributed by atoms with E-state index in [9.17, 15) is 9.59 Å². The molecule has 0 aromatic heterocycles. The van der Waals surface area contributed by atoms with Gasteiger partial charge in [-0.25, -0.2) is 0 Å². The number of hydrogen-bond donors (Lipinski definition) is 2. The highest BCUT2D eigenvalue weighted by atomic mass is 35.5. The molecule has 1 fully saturated rings. The third-order valence-electron chi connectivity index (χ3n) is 3.66. The summed E-state index contributed by atoms with van der Waals surface area (Å²) in [6, 6.07) is 7.78. The van der Waals surface area contributed by atoms with E-state index in [2.05, 4.69) is 20.4 Å². The molecule has 0 saturated carbocycles. The van der Waals surface area contributed by atoms with Gasteiger partial charge in [-0.15, -0.1) is 0 Å². The van der Waals surface area contributed by atoms with Crippen LogP contribution in [0.5, 0.6) is 0 Å². The lowest BCUT2D eigenvalue weighted by Gasteiger charge is -2.36. The van der Waals surface area contributed by atoms with Crippen LogP contribution in [0.3, 0.4) is 0 Å². The smallest absolute Gasteiger partial charge is 0.239 e. The maximum atomic E-state index is 11.8. The lowest BCUT2D eigenvalue weighted by atomic mass is 10.2. The van der Waals surface area contributed by atoms with Crippen LogP contribution in [0.4, 0.5) is 5.69 Å². The first-order valence-corrected chi connectivity index (χ1v) is 7.67. The van der Waals surface area contributed by atoms with Crippen LogP contribution in [-0.4, -0.2) is 63.0 Å². The van der Waals surface area contributed by atoms with Crippen molar-refractivity contribution in [2.24, 2.45) is 0 Å². The second-order valence-electron chi connectivity index (χ2n) is 5.16. The largest absolute Gasteiger partial charge is 0.368 e. The van der Waals surface area contributed by atoms with E-state index in [1.807, 2.05) is 24.3 Å². The number of benzene rings is 1. The molecule has 1 aromatic carbocycles. The van der Waals surface area contributed by atoms with E-state index in [1.165, 1.54) is 0 Å². The van der Waals surface area contributed by atoms with Crippen molar-refractivity contribution in [2.45, 2.75) is 0 Å². The number of piperazine rings is 1. The zero-order valence-electron chi connectivity index (χ0n) is 12.6. The number of nitrogens with zero attached hydrogens (tertiary/aromatic N) is 2. The maximum absolute atomic E-state index is 11.8. The van der Waals surface area contributed by atoms with E-state index in [-0.39, 0.29) is 18.4 Å². The highest BCUT2D eigenvalue weighted by Crippen LogP contribution is 2.25. The second-order valence-corrected chi connectivity index (χ2v) is 5.57. The van der Waals surface area contributed by atoms with Crippen molar-refractivity contribution in [2.75, 3.05) is 51.2 Å². The van der Waals surface area contributed by atoms with Crippen LogP contribution < -0.4 is 15.5 Å². The fourth-order valence-corrected chi connectivity index (χ4v) is 2.64. The fourth-order valence-electron chi connectivity index (χ4n) is 2.38. The zero-order valence-corrected chi connectivity index (χ0v) is 13.4. The molecule has 2 N–H and O–H groups in total. The third-order valence-corrected chi connectivity index (χ3v) is 3.98. The van der Waals surface area contributed by atoms with E-state index in [0.717, 1.165) is 36.9 Å². The van der Waals surface area contributed by atoms with Crippen LogP contribution in [0.2, 0.25) is 5.02 Å². The predicted octanol–water partition coefficient (Wildman–Crippen LogP) is 0.324. The van der Waals surface area contributed by atoms with Crippen molar-refractivity contribution < 1.29 is 9.59 Å². The molecule has 0 bridgehead atoms. The summed E-state index contributed by atoms with van der Waals surface area (Å²) >= 11 is 6.21. The summed E-state index contributed by atoms with van der Waals surface area (Å²) in [4.78, 5) is 27.2. The van der Waals surface area contributed by atoms with Gasteiger partial charge in [0.15, 0.2) is 0 Å². The van der Waals surface area contributed by atoms with Crippen LogP contribution in [-0.2, 0) is 9.59 Å². The molecule has 0 aliphatic carbocycles. The van der Waals surface area contributed by atoms with Crippen molar-refractivity contribution in [1.82, 2.24) is 15.5 Å². The molecule has 120 valence electrons. The van der Waals surface area contributed by atoms with Gasteiger partial charge in [-0.05, 0) is 12.1 Å². The van der Waals surface area contributed by atoms with Gasteiger partial charge in [-0.2, -0.15) is 0 Å². The number of carbonyl (C=O) groups is 2. The zero-order chi connectivity index (χ0) is 15.9. The predicted molar refractivity (Wildman–Crippen MR) is 87.2 cm³/mol. The molecule has 2 rings (SSSR count). The molecular formula is C15H21ClN4O2. The number of hydrogen-bond acceptors (Lipinski definition) is 4. The van der Waals surface area contributed by atoms with Crippen LogP contribution in [0.1, 0.15) is 0 Å². The van der Waals surface area contributed by atoms with Gasteiger partial charge in [0.05, 0.1) is 23.8 Å². The summed E-state index contributed by atoms with van der Waals surface area (Å²) in [6.45, 7) is 3.57. The summed E-state index contributed by atoms with van der Waals surface area (Å²) in [6.07, 6.45) is 0. The number of nitrogens with one attached hydrogen (secondary N) is 2. The number of carbonyl (C=O) groups excluding carboxylic acids is 2. The van der Waals surface area contributed by atoms with Crippen molar-refractivity contribution in [3.05, 3.63) is 29.3 Å². The summed E-state index contributed by atoms with van der Waals surface area (Å²) < 4.78 is 0. The Kier molecular flexibility index (Phi) is 6.03. The minimum absolute atomic E-state index is 0.0227. The number of likely N-dealkylation sites (N-methyl/N-ethyl adjacent to an activating group) is 1. The van der Waals surface area contributed by atoms with Crippen molar-refractivity contribution in [1.29, 1.82) is 0 Å². The molecule has 2 amide bonds. The quantitative estimate of drug-likeness (QED) is 0.819. The van der Waals surface area contributed by atoms with Gasteiger partial charge in [-0.1, -0.05) is 23.7 Å². The molecule has 1 saturated heterocycles. The Morgan fingerprint density at radius 2 is 1.82 bits per heavy atom. The van der Waals surface area contributed by atoms with Crippen molar-refractivity contribution in [3.8, 4) is 0 Å². The van der Waals surface area contributed by atoms with Crippen molar-refractivity contribution in [3.63, 3.8) is 0 Å². The average molecular weight is 325 g/mol. The number of halogens is 1. The van der Waals surface area contributed by atoms with Crippen LogP contribution in [0.25, 0.3) is 0 Å². The minimum atomic E-state index is -0.197. The van der Waals surface area contributed by atoms with Gasteiger partial charge in [0.2, 0.25) is 11.8 Å². The Hall–Kier alpha value is -1.79. The topological polar surface area (TPSA) is 64.7 Å². The molecule has 1 aliphatic rings. The van der Waals surface area contributed by atoms with Gasteiger partial charge in [-0.3, -0.25) is 14.5 Å². The normalized spacial score (nSPS) is 15.5. The average Bonchev–Trinajstić information content (AvgIpc) is 2.54. The van der Waals surface area contributed by atoms with Gasteiger partial charge in [0, 0.05) is 33.2 Å². The fraction of sp³-hybridized carbons (Fsp3) is 0.467. The van der Waals surface area contributed by atoms with E-state index in [4.69, 9.17) is 11.6 Å². The summed E-state index contributed by atoms with van der Waals surface area (Å²) in [5.41, 5.74) is 1.04. The molecule has 0 atom stereocenters.